The standard InChI is InChI=1S/C23H30N2O6S/c1-28-11-10-24(23(27)16-29-2)14-22(26)25-9-7-21-19(8-12-32-21)20(25)15-31-18-6-4-5-17(13-18)30-3/h4-6,8,12-13,20H,7,9-11,14-16H2,1-3H3/t20-/m0/s1. The van der Waals surface area contributed by atoms with E-state index in [1.54, 1.807) is 25.6 Å². The molecule has 1 aliphatic heterocycles. The Hall–Kier alpha value is -2.62. The van der Waals surface area contributed by atoms with Gasteiger partial charge in [-0.2, -0.15) is 0 Å². The maximum absolute atomic E-state index is 13.3. The molecule has 0 bridgehead atoms. The number of hydrogen-bond acceptors (Lipinski definition) is 7. The van der Waals surface area contributed by atoms with Gasteiger partial charge < -0.3 is 28.7 Å². The van der Waals surface area contributed by atoms with Crippen LogP contribution in [0.15, 0.2) is 35.7 Å². The van der Waals surface area contributed by atoms with Crippen molar-refractivity contribution in [3.63, 3.8) is 0 Å². The van der Waals surface area contributed by atoms with Gasteiger partial charge in [0.1, 0.15) is 24.7 Å². The van der Waals surface area contributed by atoms with Crippen LogP contribution < -0.4 is 9.47 Å². The normalized spacial score (nSPS) is 15.2. The Bertz CT molecular complexity index is 902. The van der Waals surface area contributed by atoms with Crippen LogP contribution in [0.3, 0.4) is 0 Å². The maximum atomic E-state index is 13.3. The molecule has 0 aliphatic carbocycles. The third-order valence-electron chi connectivity index (χ3n) is 5.38. The highest BCUT2D eigenvalue weighted by Gasteiger charge is 2.33. The number of hydrogen-bond donors (Lipinski definition) is 0. The van der Waals surface area contributed by atoms with Crippen LogP contribution in [-0.2, 0) is 25.5 Å². The van der Waals surface area contributed by atoms with Gasteiger partial charge in [0.25, 0.3) is 0 Å². The topological polar surface area (TPSA) is 77.5 Å². The molecule has 0 fully saturated rings. The summed E-state index contributed by atoms with van der Waals surface area (Å²) in [5.41, 5.74) is 1.10. The predicted octanol–water partition coefficient (Wildman–Crippen LogP) is 2.38. The highest BCUT2D eigenvalue weighted by atomic mass is 32.1. The molecule has 3 rings (SSSR count). The van der Waals surface area contributed by atoms with Crippen LogP contribution in [-0.4, -0.2) is 82.4 Å². The zero-order valence-electron chi connectivity index (χ0n) is 18.7. The first-order valence-corrected chi connectivity index (χ1v) is 11.3. The second kappa shape index (κ2) is 11.8. The SMILES string of the molecule is COCCN(CC(=O)N1CCc2sccc2[C@@H]1COc1cccc(OC)c1)C(=O)COC. The minimum absolute atomic E-state index is 0.0271. The predicted molar refractivity (Wildman–Crippen MR) is 121 cm³/mol. The number of fused-ring (bicyclic) bond motifs is 1. The molecule has 8 nitrogen and oxygen atoms in total. The van der Waals surface area contributed by atoms with Crippen molar-refractivity contribution in [2.45, 2.75) is 12.5 Å². The summed E-state index contributed by atoms with van der Waals surface area (Å²) in [6.45, 7) is 1.46. The summed E-state index contributed by atoms with van der Waals surface area (Å²) in [5.74, 6) is 1.02. The van der Waals surface area contributed by atoms with Crippen LogP contribution in [0.1, 0.15) is 16.5 Å². The van der Waals surface area contributed by atoms with Crippen molar-refractivity contribution in [2.75, 3.05) is 60.8 Å². The Morgan fingerprint density at radius 2 is 1.97 bits per heavy atom. The molecule has 0 unspecified atom stereocenters. The van der Waals surface area contributed by atoms with E-state index in [1.807, 2.05) is 34.5 Å². The first-order chi connectivity index (χ1) is 15.6. The van der Waals surface area contributed by atoms with Gasteiger partial charge in [-0.1, -0.05) is 6.07 Å². The monoisotopic (exact) mass is 462 g/mol. The molecule has 2 heterocycles. The summed E-state index contributed by atoms with van der Waals surface area (Å²) in [7, 11) is 4.64. The van der Waals surface area contributed by atoms with E-state index in [2.05, 4.69) is 6.07 Å². The average Bonchev–Trinajstić information content (AvgIpc) is 3.29. The van der Waals surface area contributed by atoms with E-state index in [1.165, 1.54) is 16.9 Å². The zero-order chi connectivity index (χ0) is 22.9. The minimum atomic E-state index is -0.240. The van der Waals surface area contributed by atoms with E-state index in [9.17, 15) is 9.59 Å². The lowest BCUT2D eigenvalue weighted by Crippen LogP contribution is -2.49. The second-order valence-electron chi connectivity index (χ2n) is 7.38. The lowest BCUT2D eigenvalue weighted by atomic mass is 10.0. The fraction of sp³-hybridized carbons (Fsp3) is 0.478. The molecule has 1 aromatic carbocycles. The molecule has 1 atom stereocenters. The molecule has 174 valence electrons. The number of carbonyl (C=O) groups excluding carboxylic acids is 2. The molecule has 0 saturated heterocycles. The summed E-state index contributed by atoms with van der Waals surface area (Å²) in [5, 5.41) is 2.05. The zero-order valence-corrected chi connectivity index (χ0v) is 19.6. The summed E-state index contributed by atoms with van der Waals surface area (Å²) in [6, 6.07) is 9.22. The number of nitrogens with zero attached hydrogens (tertiary/aromatic N) is 2. The van der Waals surface area contributed by atoms with Gasteiger partial charge in [0.05, 0.1) is 26.3 Å². The van der Waals surface area contributed by atoms with Crippen molar-refractivity contribution in [1.82, 2.24) is 9.80 Å². The van der Waals surface area contributed by atoms with E-state index < -0.39 is 0 Å². The summed E-state index contributed by atoms with van der Waals surface area (Å²) >= 11 is 1.70. The largest absolute Gasteiger partial charge is 0.497 e. The minimum Gasteiger partial charge on any atom is -0.497 e. The maximum Gasteiger partial charge on any atom is 0.249 e. The Balaban J connectivity index is 1.75. The molecule has 2 amide bonds. The molecular formula is C23H30N2O6S. The Morgan fingerprint density at radius 1 is 1.16 bits per heavy atom. The molecule has 32 heavy (non-hydrogen) atoms. The first-order valence-electron chi connectivity index (χ1n) is 10.5. The third-order valence-corrected chi connectivity index (χ3v) is 6.37. The van der Waals surface area contributed by atoms with Crippen molar-refractivity contribution >= 4 is 23.2 Å². The number of methoxy groups -OCH3 is 3. The van der Waals surface area contributed by atoms with Crippen molar-refractivity contribution in [2.24, 2.45) is 0 Å². The number of carbonyl (C=O) groups is 2. The third kappa shape index (κ3) is 5.99. The summed E-state index contributed by atoms with van der Waals surface area (Å²) in [6.07, 6.45) is 0.790. The molecular weight excluding hydrogens is 432 g/mol. The van der Waals surface area contributed by atoms with Gasteiger partial charge in [-0.15, -0.1) is 11.3 Å². The van der Waals surface area contributed by atoms with Crippen LogP contribution >= 0.6 is 11.3 Å². The number of thiophene rings is 1. The van der Waals surface area contributed by atoms with E-state index in [0.717, 1.165) is 12.0 Å². The van der Waals surface area contributed by atoms with Crippen LogP contribution in [0.5, 0.6) is 11.5 Å². The highest BCUT2D eigenvalue weighted by molar-refractivity contribution is 7.10. The van der Waals surface area contributed by atoms with Crippen molar-refractivity contribution in [3.8, 4) is 11.5 Å². The average molecular weight is 463 g/mol. The lowest BCUT2D eigenvalue weighted by molar-refractivity contribution is -0.145. The molecule has 1 aromatic heterocycles. The van der Waals surface area contributed by atoms with Gasteiger partial charge in [-0.25, -0.2) is 0 Å². The van der Waals surface area contributed by atoms with Gasteiger partial charge in [0.15, 0.2) is 0 Å². The fourth-order valence-corrected chi connectivity index (χ4v) is 4.63. The second-order valence-corrected chi connectivity index (χ2v) is 8.38. The molecule has 9 heteroatoms. The highest BCUT2D eigenvalue weighted by Crippen LogP contribution is 2.34. The van der Waals surface area contributed by atoms with Crippen molar-refractivity contribution in [3.05, 3.63) is 46.2 Å². The molecule has 1 aliphatic rings. The van der Waals surface area contributed by atoms with Crippen LogP contribution in [0.25, 0.3) is 0 Å². The Morgan fingerprint density at radius 3 is 2.72 bits per heavy atom. The Labute approximate surface area is 192 Å². The van der Waals surface area contributed by atoms with Gasteiger partial charge in [-0.3, -0.25) is 9.59 Å². The Kier molecular flexibility index (Phi) is 8.90. The molecule has 2 aromatic rings. The number of benzene rings is 1. The molecule has 0 saturated carbocycles. The number of ether oxygens (including phenoxy) is 4. The summed E-state index contributed by atoms with van der Waals surface area (Å²) in [4.78, 5) is 30.3. The van der Waals surface area contributed by atoms with Gasteiger partial charge >= 0.3 is 0 Å². The lowest BCUT2D eigenvalue weighted by Gasteiger charge is -2.37. The fourth-order valence-electron chi connectivity index (χ4n) is 3.70. The van der Waals surface area contributed by atoms with E-state index >= 15 is 0 Å². The smallest absolute Gasteiger partial charge is 0.249 e. The first kappa shape index (κ1) is 24.0. The molecule has 0 N–H and O–H groups in total. The van der Waals surface area contributed by atoms with Crippen LogP contribution in [0.4, 0.5) is 0 Å². The van der Waals surface area contributed by atoms with Crippen LogP contribution in [0, 0.1) is 0 Å². The van der Waals surface area contributed by atoms with E-state index in [4.69, 9.17) is 18.9 Å². The van der Waals surface area contributed by atoms with Gasteiger partial charge in [0.2, 0.25) is 11.8 Å². The van der Waals surface area contributed by atoms with Crippen molar-refractivity contribution < 1.29 is 28.5 Å². The van der Waals surface area contributed by atoms with E-state index in [0.29, 0.717) is 37.8 Å². The quantitative estimate of drug-likeness (QED) is 0.510. The van der Waals surface area contributed by atoms with Gasteiger partial charge in [0, 0.05) is 38.3 Å². The van der Waals surface area contributed by atoms with Crippen LogP contribution in [0.2, 0.25) is 0 Å². The van der Waals surface area contributed by atoms with Gasteiger partial charge in [-0.05, 0) is 35.6 Å². The number of amides is 2. The van der Waals surface area contributed by atoms with Crippen molar-refractivity contribution in [1.29, 1.82) is 0 Å². The summed E-state index contributed by atoms with van der Waals surface area (Å²) < 4.78 is 21.4. The molecule has 0 radical (unpaired) electrons. The molecule has 0 spiro atoms. The number of rotatable bonds is 11. The van der Waals surface area contributed by atoms with E-state index in [-0.39, 0.29) is 31.0 Å².